The lowest BCUT2D eigenvalue weighted by molar-refractivity contribution is 0.193. The minimum absolute atomic E-state index is 0.146. The molecule has 1 aliphatic heterocycles. The maximum Gasteiger partial charge on any atom is 0.0931 e. The quantitative estimate of drug-likeness (QED) is 0.927. The number of thioether (sulfide) groups is 1. The van der Waals surface area contributed by atoms with Crippen molar-refractivity contribution in [1.82, 2.24) is 4.90 Å². The Hall–Kier alpha value is 0.260. The van der Waals surface area contributed by atoms with E-state index in [2.05, 4.69) is 17.9 Å². The van der Waals surface area contributed by atoms with Crippen LogP contribution in [0.15, 0.2) is 12.1 Å². The zero-order chi connectivity index (χ0) is 12.3. The topological polar surface area (TPSA) is 29.3 Å². The highest BCUT2D eigenvalue weighted by Crippen LogP contribution is 2.33. The van der Waals surface area contributed by atoms with Crippen molar-refractivity contribution in [3.05, 3.63) is 21.3 Å². The van der Waals surface area contributed by atoms with Crippen LogP contribution in [-0.4, -0.2) is 35.5 Å². The zero-order valence-corrected chi connectivity index (χ0v) is 12.5. The molecule has 2 atom stereocenters. The largest absolute Gasteiger partial charge is 0.326 e. The van der Waals surface area contributed by atoms with E-state index in [1.165, 1.54) is 22.8 Å². The second-order valence-electron chi connectivity index (χ2n) is 4.45. The van der Waals surface area contributed by atoms with E-state index in [9.17, 15) is 0 Å². The fourth-order valence-electron chi connectivity index (χ4n) is 2.30. The van der Waals surface area contributed by atoms with Gasteiger partial charge in [-0.2, -0.15) is 11.8 Å². The van der Waals surface area contributed by atoms with Crippen molar-refractivity contribution >= 4 is 34.7 Å². The van der Waals surface area contributed by atoms with Crippen LogP contribution in [0.5, 0.6) is 0 Å². The van der Waals surface area contributed by atoms with Crippen LogP contribution in [0.4, 0.5) is 0 Å². The van der Waals surface area contributed by atoms with Crippen molar-refractivity contribution in [2.75, 3.05) is 24.6 Å². The van der Waals surface area contributed by atoms with Crippen molar-refractivity contribution in [1.29, 1.82) is 0 Å². The van der Waals surface area contributed by atoms with Crippen LogP contribution >= 0.6 is 34.7 Å². The van der Waals surface area contributed by atoms with Crippen LogP contribution in [-0.2, 0) is 0 Å². The average molecular weight is 291 g/mol. The molecule has 0 amide bonds. The van der Waals surface area contributed by atoms with E-state index in [1.54, 1.807) is 11.3 Å². The van der Waals surface area contributed by atoms with E-state index in [4.69, 9.17) is 17.3 Å². The first-order valence-electron chi connectivity index (χ1n) is 6.01. The average Bonchev–Trinajstić information content (AvgIpc) is 2.53. The monoisotopic (exact) mass is 290 g/mol. The van der Waals surface area contributed by atoms with Gasteiger partial charge in [-0.1, -0.05) is 11.6 Å². The molecule has 5 heteroatoms. The molecule has 1 aromatic heterocycles. The van der Waals surface area contributed by atoms with Crippen LogP contribution < -0.4 is 5.73 Å². The zero-order valence-electron chi connectivity index (χ0n) is 10.1. The predicted octanol–water partition coefficient (Wildman–Crippen LogP) is 3.23. The molecule has 17 heavy (non-hydrogen) atoms. The third-order valence-electron chi connectivity index (χ3n) is 3.03. The van der Waals surface area contributed by atoms with Gasteiger partial charge in [-0.05, 0) is 37.8 Å². The van der Waals surface area contributed by atoms with Crippen LogP contribution in [0.1, 0.15) is 24.3 Å². The molecule has 2 heterocycles. The summed E-state index contributed by atoms with van der Waals surface area (Å²) in [4.78, 5) is 3.82. The summed E-state index contributed by atoms with van der Waals surface area (Å²) in [7, 11) is 0. The third-order valence-corrected chi connectivity index (χ3v) is 5.38. The number of hydrogen-bond acceptors (Lipinski definition) is 4. The van der Waals surface area contributed by atoms with Gasteiger partial charge in [-0.3, -0.25) is 4.90 Å². The fraction of sp³-hybridized carbons (Fsp3) is 0.667. The Morgan fingerprint density at radius 3 is 2.82 bits per heavy atom. The van der Waals surface area contributed by atoms with Gasteiger partial charge >= 0.3 is 0 Å². The minimum Gasteiger partial charge on any atom is -0.326 e. The summed E-state index contributed by atoms with van der Waals surface area (Å²) >= 11 is 9.74. The van der Waals surface area contributed by atoms with Gasteiger partial charge in [0.2, 0.25) is 0 Å². The molecule has 2 N–H and O–H groups in total. The lowest BCUT2D eigenvalue weighted by Gasteiger charge is -2.32. The Labute approximate surface area is 117 Å². The van der Waals surface area contributed by atoms with Crippen LogP contribution in [0.25, 0.3) is 0 Å². The molecule has 0 bridgehead atoms. The molecule has 2 nitrogen and oxygen atoms in total. The molecule has 0 aromatic carbocycles. The molecule has 2 rings (SSSR count). The first-order valence-corrected chi connectivity index (χ1v) is 8.36. The Bertz CT molecular complexity index is 346. The van der Waals surface area contributed by atoms with Crippen LogP contribution in [0, 0.1) is 0 Å². The summed E-state index contributed by atoms with van der Waals surface area (Å²) in [5.74, 6) is 2.48. The number of nitrogens with two attached hydrogens (primary N) is 1. The molecule has 1 fully saturated rings. The minimum atomic E-state index is 0.146. The second-order valence-corrected chi connectivity index (χ2v) is 7.42. The second kappa shape index (κ2) is 6.43. The van der Waals surface area contributed by atoms with E-state index in [0.29, 0.717) is 6.04 Å². The molecule has 0 saturated carbocycles. The third kappa shape index (κ3) is 3.61. The SMILES string of the molecule is CC(N)C(c1ccc(Cl)s1)N1CCCSCC1. The molecule has 0 radical (unpaired) electrons. The first-order chi connectivity index (χ1) is 8.18. The van der Waals surface area contributed by atoms with Gasteiger partial charge in [0.1, 0.15) is 0 Å². The maximum absolute atomic E-state index is 6.17. The van der Waals surface area contributed by atoms with E-state index < -0.39 is 0 Å². The predicted molar refractivity (Wildman–Crippen MR) is 79.2 cm³/mol. The summed E-state index contributed by atoms with van der Waals surface area (Å²) in [6, 6.07) is 4.57. The lowest BCUT2D eigenvalue weighted by Crippen LogP contribution is -2.40. The molecular formula is C12H19ClN2S2. The summed E-state index contributed by atoms with van der Waals surface area (Å²) < 4.78 is 0.856. The summed E-state index contributed by atoms with van der Waals surface area (Å²) in [6.45, 7) is 4.37. The van der Waals surface area contributed by atoms with Gasteiger partial charge in [0.05, 0.1) is 10.4 Å². The highest BCUT2D eigenvalue weighted by Gasteiger charge is 2.26. The van der Waals surface area contributed by atoms with Crippen LogP contribution in [0.2, 0.25) is 4.34 Å². The van der Waals surface area contributed by atoms with Gasteiger partial charge in [-0.25, -0.2) is 0 Å². The van der Waals surface area contributed by atoms with Crippen molar-refractivity contribution in [3.63, 3.8) is 0 Å². The normalized spacial score (nSPS) is 22.1. The Morgan fingerprint density at radius 1 is 1.35 bits per heavy atom. The Morgan fingerprint density at radius 2 is 2.18 bits per heavy atom. The molecule has 0 spiro atoms. The van der Waals surface area contributed by atoms with Gasteiger partial charge in [0, 0.05) is 23.2 Å². The molecule has 1 saturated heterocycles. The molecule has 1 aliphatic rings. The molecule has 1 aromatic rings. The maximum atomic E-state index is 6.17. The number of rotatable bonds is 3. The van der Waals surface area contributed by atoms with Crippen LogP contribution in [0.3, 0.4) is 0 Å². The highest BCUT2D eigenvalue weighted by molar-refractivity contribution is 7.99. The molecule has 2 unspecified atom stereocenters. The summed E-state index contributed by atoms with van der Waals surface area (Å²) in [5.41, 5.74) is 6.17. The van der Waals surface area contributed by atoms with E-state index >= 15 is 0 Å². The van der Waals surface area contributed by atoms with Gasteiger partial charge in [-0.15, -0.1) is 11.3 Å². The number of thiophene rings is 1. The summed E-state index contributed by atoms with van der Waals surface area (Å²) in [5, 5.41) is 0. The van der Waals surface area contributed by atoms with Gasteiger partial charge in [0.15, 0.2) is 0 Å². The molecule has 96 valence electrons. The fourth-order valence-corrected chi connectivity index (χ4v) is 4.52. The first kappa shape index (κ1) is 13.7. The summed E-state index contributed by atoms with van der Waals surface area (Å²) in [6.07, 6.45) is 1.26. The lowest BCUT2D eigenvalue weighted by atomic mass is 10.1. The smallest absolute Gasteiger partial charge is 0.0931 e. The van der Waals surface area contributed by atoms with Crippen molar-refractivity contribution in [3.8, 4) is 0 Å². The van der Waals surface area contributed by atoms with Crippen molar-refractivity contribution < 1.29 is 0 Å². The molecule has 0 aliphatic carbocycles. The van der Waals surface area contributed by atoms with Crippen molar-refractivity contribution in [2.45, 2.75) is 25.4 Å². The van der Waals surface area contributed by atoms with E-state index in [0.717, 1.165) is 17.4 Å². The number of nitrogens with zero attached hydrogens (tertiary/aromatic N) is 1. The highest BCUT2D eigenvalue weighted by atomic mass is 35.5. The molecular weight excluding hydrogens is 272 g/mol. The van der Waals surface area contributed by atoms with Gasteiger partial charge in [0.25, 0.3) is 0 Å². The Kier molecular flexibility index (Phi) is 5.18. The number of halogens is 1. The Balaban J connectivity index is 2.15. The van der Waals surface area contributed by atoms with Gasteiger partial charge < -0.3 is 5.73 Å². The van der Waals surface area contributed by atoms with E-state index in [1.807, 2.05) is 17.8 Å². The van der Waals surface area contributed by atoms with E-state index in [-0.39, 0.29) is 6.04 Å². The standard InChI is InChI=1S/C12H19ClN2S2/c1-9(14)12(10-3-4-11(13)17-10)15-5-2-7-16-8-6-15/h3-4,9,12H,2,5-8,14H2,1H3. The van der Waals surface area contributed by atoms with Crippen molar-refractivity contribution in [2.24, 2.45) is 5.73 Å². The number of hydrogen-bond donors (Lipinski definition) is 1.